The Morgan fingerprint density at radius 2 is 1.93 bits per heavy atom. The van der Waals surface area contributed by atoms with Gasteiger partial charge in [-0.1, -0.05) is 6.42 Å². The predicted molar refractivity (Wildman–Crippen MR) is 58.9 cm³/mol. The number of carbonyl (C=O) groups is 1. The van der Waals surface area contributed by atoms with E-state index in [-0.39, 0.29) is 5.97 Å². The van der Waals surface area contributed by atoms with Crippen LogP contribution in [0.25, 0.3) is 0 Å². The van der Waals surface area contributed by atoms with Gasteiger partial charge in [0, 0.05) is 27.7 Å². The summed E-state index contributed by atoms with van der Waals surface area (Å²) in [5, 5.41) is 0.708. The zero-order chi connectivity index (χ0) is 10.8. The molecule has 0 aromatic carbocycles. The molecule has 0 aromatic heterocycles. The van der Waals surface area contributed by atoms with E-state index in [2.05, 4.69) is 4.74 Å². The second-order valence-electron chi connectivity index (χ2n) is 4.62. The zero-order valence-corrected chi connectivity index (χ0v) is 9.92. The Hall–Kier alpha value is -0.380. The van der Waals surface area contributed by atoms with Crippen molar-refractivity contribution in [2.75, 3.05) is 7.11 Å². The van der Waals surface area contributed by atoms with Gasteiger partial charge in [0.1, 0.15) is 0 Å². The lowest BCUT2D eigenvalue weighted by molar-refractivity contribution is -0.141. The summed E-state index contributed by atoms with van der Waals surface area (Å²) >= 11 is 0. The Bertz CT molecular complexity index is 261. The van der Waals surface area contributed by atoms with E-state index in [0.717, 1.165) is 25.7 Å². The summed E-state index contributed by atoms with van der Waals surface area (Å²) in [6, 6.07) is 0. The first-order valence-corrected chi connectivity index (χ1v) is 6.94. The van der Waals surface area contributed by atoms with E-state index >= 15 is 0 Å². The minimum absolute atomic E-state index is 0.120. The first-order chi connectivity index (χ1) is 7.20. The first-order valence-electron chi connectivity index (χ1n) is 5.67. The Balaban J connectivity index is 1.95. The Kier molecular flexibility index (Phi) is 3.44. The highest BCUT2D eigenvalue weighted by molar-refractivity contribution is 7.86. The molecule has 2 atom stereocenters. The van der Waals surface area contributed by atoms with Crippen LogP contribution in [0.15, 0.2) is 0 Å². The molecule has 2 unspecified atom stereocenters. The number of methoxy groups -OCH3 is 1. The maximum Gasteiger partial charge on any atom is 0.305 e. The topological polar surface area (TPSA) is 43.4 Å². The molecule has 0 radical (unpaired) electrons. The van der Waals surface area contributed by atoms with Gasteiger partial charge < -0.3 is 4.74 Å². The molecule has 2 heterocycles. The Morgan fingerprint density at radius 3 is 2.47 bits per heavy atom. The van der Waals surface area contributed by atoms with Crippen molar-refractivity contribution in [1.29, 1.82) is 0 Å². The minimum atomic E-state index is -0.626. The number of esters is 1. The molecule has 0 amide bonds. The summed E-state index contributed by atoms with van der Waals surface area (Å²) in [5.74, 6) is 0.288. The van der Waals surface area contributed by atoms with Gasteiger partial charge in [-0.05, 0) is 31.6 Å². The van der Waals surface area contributed by atoms with Crippen LogP contribution in [-0.4, -0.2) is 27.8 Å². The molecule has 0 aliphatic carbocycles. The van der Waals surface area contributed by atoms with Crippen molar-refractivity contribution >= 4 is 16.8 Å². The van der Waals surface area contributed by atoms with Crippen LogP contribution in [-0.2, 0) is 20.3 Å². The maximum atomic E-state index is 11.9. The molecule has 2 bridgehead atoms. The second-order valence-corrected chi connectivity index (χ2v) is 6.61. The maximum absolute atomic E-state index is 11.9. The highest BCUT2D eigenvalue weighted by atomic mass is 32.2. The predicted octanol–water partition coefficient (Wildman–Crippen LogP) is 1.63. The van der Waals surface area contributed by atoms with E-state index in [4.69, 9.17) is 0 Å². The molecule has 4 heteroatoms. The lowest BCUT2D eigenvalue weighted by Crippen LogP contribution is -2.39. The average Bonchev–Trinajstić information content (AvgIpc) is 2.19. The van der Waals surface area contributed by atoms with E-state index < -0.39 is 10.8 Å². The van der Waals surface area contributed by atoms with E-state index in [9.17, 15) is 9.00 Å². The molecule has 0 spiro atoms. The van der Waals surface area contributed by atoms with Crippen molar-refractivity contribution in [3.05, 3.63) is 0 Å². The largest absolute Gasteiger partial charge is 0.469 e. The molecule has 15 heavy (non-hydrogen) atoms. The number of fused-ring (bicyclic) bond motifs is 2. The van der Waals surface area contributed by atoms with Crippen LogP contribution in [0.2, 0.25) is 0 Å². The van der Waals surface area contributed by atoms with Gasteiger partial charge in [-0.15, -0.1) is 0 Å². The van der Waals surface area contributed by atoms with Gasteiger partial charge >= 0.3 is 5.97 Å². The van der Waals surface area contributed by atoms with Gasteiger partial charge in [0.2, 0.25) is 0 Å². The lowest BCUT2D eigenvalue weighted by Gasteiger charge is -2.37. The third-order valence-electron chi connectivity index (χ3n) is 3.58. The summed E-state index contributed by atoms with van der Waals surface area (Å²) < 4.78 is 16.6. The molecule has 2 fully saturated rings. The fourth-order valence-electron chi connectivity index (χ4n) is 2.83. The number of hydrogen-bond donors (Lipinski definition) is 0. The fourth-order valence-corrected chi connectivity index (χ4v) is 5.09. The van der Waals surface area contributed by atoms with Crippen LogP contribution in [0.4, 0.5) is 0 Å². The van der Waals surface area contributed by atoms with Crippen LogP contribution in [0.5, 0.6) is 0 Å². The summed E-state index contributed by atoms with van der Waals surface area (Å²) in [6.07, 6.45) is 5.81. The van der Waals surface area contributed by atoms with Crippen molar-refractivity contribution in [3.63, 3.8) is 0 Å². The van der Waals surface area contributed by atoms with E-state index in [1.165, 1.54) is 13.5 Å². The molecule has 3 nitrogen and oxygen atoms in total. The summed E-state index contributed by atoms with van der Waals surface area (Å²) in [6.45, 7) is 0. The normalized spacial score (nSPS) is 39.8. The number of carbonyl (C=O) groups excluding carboxylic acids is 1. The first kappa shape index (κ1) is 11.1. The molecule has 2 aliphatic rings. The summed E-state index contributed by atoms with van der Waals surface area (Å²) in [5.41, 5.74) is 0. The van der Waals surface area contributed by atoms with E-state index in [1.54, 1.807) is 0 Å². The molecular weight excluding hydrogens is 212 g/mol. The van der Waals surface area contributed by atoms with Crippen molar-refractivity contribution in [2.24, 2.45) is 5.92 Å². The van der Waals surface area contributed by atoms with Gasteiger partial charge in [-0.3, -0.25) is 9.00 Å². The Labute approximate surface area is 93.0 Å². The Morgan fingerprint density at radius 1 is 1.33 bits per heavy atom. The molecule has 2 rings (SSSR count). The number of hydrogen-bond acceptors (Lipinski definition) is 3. The highest BCUT2D eigenvalue weighted by Crippen LogP contribution is 2.38. The number of rotatable bonds is 2. The molecule has 2 saturated heterocycles. The SMILES string of the molecule is COC(=O)CC1CC2CCCC(C1)S2=O. The van der Waals surface area contributed by atoms with Crippen molar-refractivity contribution in [2.45, 2.75) is 49.0 Å². The molecule has 86 valence electrons. The van der Waals surface area contributed by atoms with E-state index in [0.29, 0.717) is 22.8 Å². The van der Waals surface area contributed by atoms with Crippen LogP contribution >= 0.6 is 0 Å². The monoisotopic (exact) mass is 230 g/mol. The lowest BCUT2D eigenvalue weighted by atomic mass is 9.87. The van der Waals surface area contributed by atoms with E-state index in [1.807, 2.05) is 0 Å². The summed E-state index contributed by atoms with van der Waals surface area (Å²) in [7, 11) is 0.809. The van der Waals surface area contributed by atoms with Crippen LogP contribution in [0.1, 0.15) is 38.5 Å². The van der Waals surface area contributed by atoms with Crippen molar-refractivity contribution < 1.29 is 13.7 Å². The number of ether oxygens (including phenoxy) is 1. The minimum Gasteiger partial charge on any atom is -0.469 e. The van der Waals surface area contributed by atoms with Crippen molar-refractivity contribution in [1.82, 2.24) is 0 Å². The molecule has 0 saturated carbocycles. The average molecular weight is 230 g/mol. The second kappa shape index (κ2) is 4.64. The standard InChI is InChI=1S/C11H18O3S/c1-14-11(12)7-8-5-9-3-2-4-10(6-8)15(9)13/h8-10H,2-7H2,1H3. The highest BCUT2D eigenvalue weighted by Gasteiger charge is 2.38. The quantitative estimate of drug-likeness (QED) is 0.677. The van der Waals surface area contributed by atoms with Gasteiger partial charge in [0.25, 0.3) is 0 Å². The zero-order valence-electron chi connectivity index (χ0n) is 9.11. The van der Waals surface area contributed by atoms with Gasteiger partial charge in [-0.25, -0.2) is 0 Å². The van der Waals surface area contributed by atoms with Gasteiger partial charge in [-0.2, -0.15) is 0 Å². The third kappa shape index (κ3) is 2.41. The van der Waals surface area contributed by atoms with Gasteiger partial charge in [0.05, 0.1) is 7.11 Å². The van der Waals surface area contributed by atoms with Gasteiger partial charge in [0.15, 0.2) is 0 Å². The van der Waals surface area contributed by atoms with Crippen LogP contribution < -0.4 is 0 Å². The molecule has 0 aromatic rings. The molecule has 2 aliphatic heterocycles. The fraction of sp³-hybridized carbons (Fsp3) is 0.909. The smallest absolute Gasteiger partial charge is 0.305 e. The van der Waals surface area contributed by atoms with Crippen LogP contribution in [0.3, 0.4) is 0 Å². The molecular formula is C11H18O3S. The van der Waals surface area contributed by atoms with Crippen molar-refractivity contribution in [3.8, 4) is 0 Å². The summed E-state index contributed by atoms with van der Waals surface area (Å²) in [4.78, 5) is 11.2. The third-order valence-corrected chi connectivity index (χ3v) is 5.76. The van der Waals surface area contributed by atoms with Crippen LogP contribution in [0, 0.1) is 5.92 Å². The molecule has 0 N–H and O–H groups in total.